The number of ether oxygens (including phenoxy) is 1. The highest BCUT2D eigenvalue weighted by atomic mass is 16.5. The van der Waals surface area contributed by atoms with Crippen LogP contribution in [0.1, 0.15) is 43.0 Å². The van der Waals surface area contributed by atoms with Crippen LogP contribution < -0.4 is 0 Å². The van der Waals surface area contributed by atoms with Gasteiger partial charge in [0, 0.05) is 31.1 Å². The Morgan fingerprint density at radius 2 is 2.21 bits per heavy atom. The largest absolute Gasteiger partial charge is 0.466 e. The predicted molar refractivity (Wildman–Crippen MR) is 92.8 cm³/mol. The van der Waals surface area contributed by atoms with E-state index in [1.807, 2.05) is 42.3 Å². The van der Waals surface area contributed by atoms with E-state index in [9.17, 15) is 9.59 Å². The number of H-pyrrole nitrogens is 1. The fourth-order valence-electron chi connectivity index (χ4n) is 3.47. The van der Waals surface area contributed by atoms with Gasteiger partial charge in [-0.3, -0.25) is 9.59 Å². The molecular formula is C19H24N2O3. The number of benzene rings is 1. The Bertz CT molecular complexity index is 722. The Morgan fingerprint density at radius 1 is 1.33 bits per heavy atom. The quantitative estimate of drug-likeness (QED) is 0.856. The SMILES string of the molecule is CCOC(=O)CC[C@H]1CCCN(C(=O)c2cccc3cc[nH]c23)C1. The molecule has 0 saturated carbocycles. The second-order valence-corrected chi connectivity index (χ2v) is 6.35. The molecule has 1 atom stereocenters. The maximum absolute atomic E-state index is 12.9. The van der Waals surface area contributed by atoms with Crippen molar-refractivity contribution in [3.63, 3.8) is 0 Å². The third-order valence-electron chi connectivity index (χ3n) is 4.69. The molecule has 1 aromatic heterocycles. The number of hydrogen-bond donors (Lipinski definition) is 1. The van der Waals surface area contributed by atoms with Crippen LogP contribution in [0.4, 0.5) is 0 Å². The summed E-state index contributed by atoms with van der Waals surface area (Å²) in [6.07, 6.45) is 5.14. The van der Waals surface area contributed by atoms with Crippen LogP contribution in [-0.2, 0) is 9.53 Å². The molecule has 1 saturated heterocycles. The summed E-state index contributed by atoms with van der Waals surface area (Å²) in [4.78, 5) is 29.5. The third-order valence-corrected chi connectivity index (χ3v) is 4.69. The minimum absolute atomic E-state index is 0.0730. The van der Waals surface area contributed by atoms with Crippen molar-refractivity contribution < 1.29 is 14.3 Å². The maximum Gasteiger partial charge on any atom is 0.305 e. The van der Waals surface area contributed by atoms with E-state index in [4.69, 9.17) is 4.74 Å². The smallest absolute Gasteiger partial charge is 0.305 e. The van der Waals surface area contributed by atoms with Crippen molar-refractivity contribution in [2.24, 2.45) is 5.92 Å². The molecule has 128 valence electrons. The molecule has 24 heavy (non-hydrogen) atoms. The van der Waals surface area contributed by atoms with E-state index in [1.54, 1.807) is 0 Å². The fraction of sp³-hybridized carbons (Fsp3) is 0.474. The minimum atomic E-state index is -0.142. The average molecular weight is 328 g/mol. The van der Waals surface area contributed by atoms with Gasteiger partial charge in [-0.05, 0) is 44.2 Å². The monoisotopic (exact) mass is 328 g/mol. The first-order chi connectivity index (χ1) is 11.7. The Labute approximate surface area is 142 Å². The number of piperidine rings is 1. The molecule has 0 radical (unpaired) electrons. The molecule has 5 nitrogen and oxygen atoms in total. The molecule has 2 heterocycles. The van der Waals surface area contributed by atoms with Gasteiger partial charge in [-0.1, -0.05) is 12.1 Å². The molecule has 5 heteroatoms. The summed E-state index contributed by atoms with van der Waals surface area (Å²) < 4.78 is 4.99. The summed E-state index contributed by atoms with van der Waals surface area (Å²) in [6, 6.07) is 7.78. The number of carbonyl (C=O) groups excluding carboxylic acids is 2. The summed E-state index contributed by atoms with van der Waals surface area (Å²) in [6.45, 7) is 3.75. The van der Waals surface area contributed by atoms with E-state index in [0.717, 1.165) is 48.8 Å². The highest BCUT2D eigenvalue weighted by molar-refractivity contribution is 6.05. The molecule has 0 unspecified atom stereocenters. The Hall–Kier alpha value is -2.30. The van der Waals surface area contributed by atoms with Crippen LogP contribution in [0.5, 0.6) is 0 Å². The molecule has 0 spiro atoms. The second kappa shape index (κ2) is 7.51. The van der Waals surface area contributed by atoms with Gasteiger partial charge < -0.3 is 14.6 Å². The average Bonchev–Trinajstić information content (AvgIpc) is 3.08. The molecule has 1 aliphatic heterocycles. The molecule has 1 aliphatic rings. The van der Waals surface area contributed by atoms with Gasteiger partial charge in [0.25, 0.3) is 5.91 Å². The zero-order valence-electron chi connectivity index (χ0n) is 14.1. The molecule has 1 N–H and O–H groups in total. The lowest BCUT2D eigenvalue weighted by Crippen LogP contribution is -2.40. The van der Waals surface area contributed by atoms with Crippen LogP contribution in [0.2, 0.25) is 0 Å². The number of aromatic nitrogens is 1. The Kier molecular flexibility index (Phi) is 5.18. The number of amides is 1. The van der Waals surface area contributed by atoms with Crippen LogP contribution in [0.25, 0.3) is 10.9 Å². The lowest BCUT2D eigenvalue weighted by atomic mass is 9.93. The molecule has 0 bridgehead atoms. The zero-order valence-corrected chi connectivity index (χ0v) is 14.1. The molecule has 1 aromatic carbocycles. The van der Waals surface area contributed by atoms with Gasteiger partial charge in [0.15, 0.2) is 0 Å². The van der Waals surface area contributed by atoms with E-state index < -0.39 is 0 Å². The van der Waals surface area contributed by atoms with Crippen LogP contribution >= 0.6 is 0 Å². The van der Waals surface area contributed by atoms with Crippen LogP contribution in [0.15, 0.2) is 30.5 Å². The maximum atomic E-state index is 12.9. The first-order valence-corrected chi connectivity index (χ1v) is 8.70. The van der Waals surface area contributed by atoms with Crippen molar-refractivity contribution in [2.45, 2.75) is 32.6 Å². The zero-order chi connectivity index (χ0) is 16.9. The van der Waals surface area contributed by atoms with Gasteiger partial charge in [0.2, 0.25) is 0 Å². The summed E-state index contributed by atoms with van der Waals surface area (Å²) in [5.41, 5.74) is 1.62. The van der Waals surface area contributed by atoms with Crippen molar-refractivity contribution in [1.82, 2.24) is 9.88 Å². The first kappa shape index (κ1) is 16.6. The van der Waals surface area contributed by atoms with Crippen LogP contribution in [0.3, 0.4) is 0 Å². The van der Waals surface area contributed by atoms with Gasteiger partial charge in [-0.25, -0.2) is 0 Å². The predicted octanol–water partition coefficient (Wildman–Crippen LogP) is 3.36. The molecular weight excluding hydrogens is 304 g/mol. The summed E-state index contributed by atoms with van der Waals surface area (Å²) >= 11 is 0. The van der Waals surface area contributed by atoms with Crippen LogP contribution in [-0.4, -0.2) is 41.5 Å². The number of aromatic amines is 1. The van der Waals surface area contributed by atoms with E-state index in [-0.39, 0.29) is 11.9 Å². The first-order valence-electron chi connectivity index (χ1n) is 8.70. The molecule has 0 aliphatic carbocycles. The van der Waals surface area contributed by atoms with E-state index in [0.29, 0.717) is 18.9 Å². The fourth-order valence-corrected chi connectivity index (χ4v) is 3.47. The van der Waals surface area contributed by atoms with E-state index >= 15 is 0 Å². The van der Waals surface area contributed by atoms with Crippen molar-refractivity contribution >= 4 is 22.8 Å². The number of esters is 1. The second-order valence-electron chi connectivity index (χ2n) is 6.35. The van der Waals surface area contributed by atoms with Crippen molar-refractivity contribution in [3.8, 4) is 0 Å². The van der Waals surface area contributed by atoms with Crippen molar-refractivity contribution in [3.05, 3.63) is 36.0 Å². The molecule has 2 aromatic rings. The standard InChI is InChI=1S/C19H24N2O3/c1-2-24-17(22)9-8-14-5-4-12-21(13-14)19(23)16-7-3-6-15-10-11-20-18(15)16/h3,6-7,10-11,14,20H,2,4-5,8-9,12-13H2,1H3/t14-/m1/s1. The normalized spacial score (nSPS) is 17.9. The van der Waals surface area contributed by atoms with Crippen LogP contribution in [0, 0.1) is 5.92 Å². The summed E-state index contributed by atoms with van der Waals surface area (Å²) in [5.74, 6) is 0.302. The summed E-state index contributed by atoms with van der Waals surface area (Å²) in [7, 11) is 0. The van der Waals surface area contributed by atoms with Gasteiger partial charge in [-0.2, -0.15) is 0 Å². The Morgan fingerprint density at radius 3 is 3.04 bits per heavy atom. The molecule has 1 fully saturated rings. The summed E-state index contributed by atoms with van der Waals surface area (Å²) in [5, 5.41) is 1.05. The number of fused-ring (bicyclic) bond motifs is 1. The molecule has 3 rings (SSSR count). The van der Waals surface area contributed by atoms with Crippen molar-refractivity contribution in [1.29, 1.82) is 0 Å². The number of likely N-dealkylation sites (tertiary alicyclic amines) is 1. The van der Waals surface area contributed by atoms with E-state index in [2.05, 4.69) is 4.98 Å². The van der Waals surface area contributed by atoms with Crippen molar-refractivity contribution in [2.75, 3.05) is 19.7 Å². The van der Waals surface area contributed by atoms with E-state index in [1.165, 1.54) is 0 Å². The van der Waals surface area contributed by atoms with Gasteiger partial charge in [-0.15, -0.1) is 0 Å². The number of carbonyl (C=O) groups is 2. The topological polar surface area (TPSA) is 62.4 Å². The van der Waals surface area contributed by atoms with Gasteiger partial charge in [0.05, 0.1) is 17.7 Å². The third kappa shape index (κ3) is 3.61. The number of rotatable bonds is 5. The number of nitrogens with one attached hydrogen (secondary N) is 1. The highest BCUT2D eigenvalue weighted by Gasteiger charge is 2.26. The lowest BCUT2D eigenvalue weighted by Gasteiger charge is -2.33. The van der Waals surface area contributed by atoms with Gasteiger partial charge in [0.1, 0.15) is 0 Å². The lowest BCUT2D eigenvalue weighted by molar-refractivity contribution is -0.143. The minimum Gasteiger partial charge on any atom is -0.466 e. The molecule has 1 amide bonds. The number of para-hydroxylation sites is 1. The highest BCUT2D eigenvalue weighted by Crippen LogP contribution is 2.25. The number of nitrogens with zero attached hydrogens (tertiary/aromatic N) is 1. The van der Waals surface area contributed by atoms with Gasteiger partial charge >= 0.3 is 5.97 Å². The Balaban J connectivity index is 1.65. The number of hydrogen-bond acceptors (Lipinski definition) is 3.